The number of benzene rings is 1. The molecule has 2 rings (SSSR count). The molecule has 5 heteroatoms. The van der Waals surface area contributed by atoms with Crippen LogP contribution < -0.4 is 0 Å². The maximum absolute atomic E-state index is 13.3. The molecule has 2 aromatic rings. The maximum atomic E-state index is 13.3. The van der Waals surface area contributed by atoms with Crippen molar-refractivity contribution in [2.75, 3.05) is 14.2 Å². The molecule has 4 nitrogen and oxygen atoms in total. The third kappa shape index (κ3) is 2.94. The van der Waals surface area contributed by atoms with Crippen molar-refractivity contribution in [3.8, 4) is 11.4 Å². The average molecular weight is 262 g/mol. The number of hydrogen-bond donors (Lipinski definition) is 0. The third-order valence-corrected chi connectivity index (χ3v) is 2.76. The minimum atomic E-state index is -0.539. The largest absolute Gasteiger partial charge is 0.350 e. The van der Waals surface area contributed by atoms with Gasteiger partial charge in [-0.05, 0) is 36.8 Å². The number of ether oxygens (including phenoxy) is 2. The fourth-order valence-corrected chi connectivity index (χ4v) is 1.76. The first-order chi connectivity index (χ1) is 9.15. The van der Waals surface area contributed by atoms with Gasteiger partial charge in [0.25, 0.3) is 0 Å². The van der Waals surface area contributed by atoms with Crippen molar-refractivity contribution in [2.45, 2.75) is 13.2 Å². The Morgan fingerprint density at radius 3 is 2.53 bits per heavy atom. The van der Waals surface area contributed by atoms with Gasteiger partial charge in [-0.15, -0.1) is 0 Å². The lowest BCUT2D eigenvalue weighted by atomic mass is 10.1. The molecule has 0 amide bonds. The standard InChI is InChI=1S/C14H15FN2O2/c1-9-8-10(4-5-11(9)15)13-16-7-6-12(17-13)14(18-2)19-3/h4-8,14H,1-3H3. The van der Waals surface area contributed by atoms with Crippen molar-refractivity contribution in [1.82, 2.24) is 9.97 Å². The summed E-state index contributed by atoms with van der Waals surface area (Å²) in [4.78, 5) is 8.56. The fourth-order valence-electron chi connectivity index (χ4n) is 1.76. The van der Waals surface area contributed by atoms with E-state index in [0.29, 0.717) is 17.1 Å². The Morgan fingerprint density at radius 1 is 1.16 bits per heavy atom. The summed E-state index contributed by atoms with van der Waals surface area (Å²) < 4.78 is 23.5. The lowest BCUT2D eigenvalue weighted by molar-refractivity contribution is -0.108. The molecule has 0 N–H and O–H groups in total. The molecule has 0 bridgehead atoms. The summed E-state index contributed by atoms with van der Waals surface area (Å²) in [6.45, 7) is 1.70. The van der Waals surface area contributed by atoms with E-state index >= 15 is 0 Å². The van der Waals surface area contributed by atoms with Crippen molar-refractivity contribution in [2.24, 2.45) is 0 Å². The van der Waals surface area contributed by atoms with Gasteiger partial charge in [-0.1, -0.05) is 0 Å². The normalized spacial score (nSPS) is 11.0. The predicted molar refractivity (Wildman–Crippen MR) is 68.9 cm³/mol. The highest BCUT2D eigenvalue weighted by molar-refractivity contribution is 5.56. The number of rotatable bonds is 4. The van der Waals surface area contributed by atoms with Gasteiger partial charge in [0.05, 0.1) is 0 Å². The molecular weight excluding hydrogens is 247 g/mol. The number of methoxy groups -OCH3 is 2. The number of hydrogen-bond acceptors (Lipinski definition) is 4. The molecule has 0 aliphatic rings. The van der Waals surface area contributed by atoms with E-state index in [-0.39, 0.29) is 5.82 Å². The summed E-state index contributed by atoms with van der Waals surface area (Å²) in [6, 6.07) is 6.49. The van der Waals surface area contributed by atoms with Crippen LogP contribution in [0.25, 0.3) is 11.4 Å². The molecule has 0 saturated carbocycles. The molecule has 1 heterocycles. The van der Waals surface area contributed by atoms with Gasteiger partial charge in [-0.25, -0.2) is 14.4 Å². The monoisotopic (exact) mass is 262 g/mol. The molecule has 0 unspecified atom stereocenters. The SMILES string of the molecule is COC(OC)c1ccnc(-c2ccc(F)c(C)c2)n1. The number of aromatic nitrogens is 2. The molecule has 19 heavy (non-hydrogen) atoms. The fraction of sp³-hybridized carbons (Fsp3) is 0.286. The molecular formula is C14H15FN2O2. The maximum Gasteiger partial charge on any atom is 0.200 e. The van der Waals surface area contributed by atoms with Gasteiger partial charge >= 0.3 is 0 Å². The van der Waals surface area contributed by atoms with Crippen LogP contribution in [0.5, 0.6) is 0 Å². The first-order valence-corrected chi connectivity index (χ1v) is 5.80. The third-order valence-electron chi connectivity index (χ3n) is 2.76. The lowest BCUT2D eigenvalue weighted by Crippen LogP contribution is -2.07. The van der Waals surface area contributed by atoms with E-state index in [1.807, 2.05) is 0 Å². The van der Waals surface area contributed by atoms with Crippen LogP contribution in [0.15, 0.2) is 30.5 Å². The van der Waals surface area contributed by atoms with Crippen molar-refractivity contribution in [3.63, 3.8) is 0 Å². The molecule has 0 fully saturated rings. The molecule has 1 aromatic carbocycles. The Kier molecular flexibility index (Phi) is 4.19. The zero-order valence-corrected chi connectivity index (χ0v) is 11.1. The summed E-state index contributed by atoms with van der Waals surface area (Å²) in [5.74, 6) is 0.270. The van der Waals surface area contributed by atoms with Crippen molar-refractivity contribution >= 4 is 0 Å². The summed E-state index contributed by atoms with van der Waals surface area (Å²) in [5.41, 5.74) is 1.94. The van der Waals surface area contributed by atoms with Crippen LogP contribution in [0, 0.1) is 12.7 Å². The Hall–Kier alpha value is -1.85. The van der Waals surface area contributed by atoms with Gasteiger partial charge in [0.15, 0.2) is 5.82 Å². The number of aryl methyl sites for hydroxylation is 1. The summed E-state index contributed by atoms with van der Waals surface area (Å²) in [7, 11) is 3.08. The molecule has 0 spiro atoms. The zero-order chi connectivity index (χ0) is 13.8. The molecule has 0 saturated heterocycles. The van der Waals surface area contributed by atoms with Crippen LogP contribution in [0.3, 0.4) is 0 Å². The second kappa shape index (κ2) is 5.86. The topological polar surface area (TPSA) is 44.2 Å². The Balaban J connectivity index is 2.40. The highest BCUT2D eigenvalue weighted by Crippen LogP contribution is 2.21. The van der Waals surface area contributed by atoms with Crippen LogP contribution in [-0.4, -0.2) is 24.2 Å². The van der Waals surface area contributed by atoms with Gasteiger partial charge in [-0.2, -0.15) is 0 Å². The van der Waals surface area contributed by atoms with E-state index in [4.69, 9.17) is 9.47 Å². The molecule has 0 aliphatic heterocycles. The van der Waals surface area contributed by atoms with E-state index in [1.54, 1.807) is 31.3 Å². The minimum absolute atomic E-state index is 0.244. The van der Waals surface area contributed by atoms with Crippen molar-refractivity contribution < 1.29 is 13.9 Å². The van der Waals surface area contributed by atoms with Gasteiger partial charge in [-0.3, -0.25) is 0 Å². The van der Waals surface area contributed by atoms with E-state index in [2.05, 4.69) is 9.97 Å². The van der Waals surface area contributed by atoms with Gasteiger partial charge in [0.1, 0.15) is 11.5 Å². The zero-order valence-electron chi connectivity index (χ0n) is 11.1. The van der Waals surface area contributed by atoms with E-state index in [9.17, 15) is 4.39 Å². The Labute approximate surface area is 111 Å². The molecule has 100 valence electrons. The van der Waals surface area contributed by atoms with E-state index < -0.39 is 6.29 Å². The van der Waals surface area contributed by atoms with Gasteiger partial charge in [0.2, 0.25) is 6.29 Å². The molecule has 1 aromatic heterocycles. The Morgan fingerprint density at radius 2 is 1.89 bits per heavy atom. The van der Waals surface area contributed by atoms with E-state index in [1.165, 1.54) is 20.3 Å². The Bertz CT molecular complexity index is 571. The minimum Gasteiger partial charge on any atom is -0.350 e. The first-order valence-electron chi connectivity index (χ1n) is 5.80. The van der Waals surface area contributed by atoms with Crippen molar-refractivity contribution in [1.29, 1.82) is 0 Å². The second-order valence-corrected chi connectivity index (χ2v) is 4.07. The highest BCUT2D eigenvalue weighted by atomic mass is 19.1. The van der Waals surface area contributed by atoms with Crippen LogP contribution in [0.4, 0.5) is 4.39 Å². The van der Waals surface area contributed by atoms with Crippen LogP contribution >= 0.6 is 0 Å². The smallest absolute Gasteiger partial charge is 0.200 e. The first kappa shape index (κ1) is 13.6. The lowest BCUT2D eigenvalue weighted by Gasteiger charge is -2.13. The second-order valence-electron chi connectivity index (χ2n) is 4.07. The predicted octanol–water partition coefficient (Wildman–Crippen LogP) is 2.88. The highest BCUT2D eigenvalue weighted by Gasteiger charge is 2.12. The summed E-state index contributed by atoms with van der Waals surface area (Å²) >= 11 is 0. The molecule has 0 radical (unpaired) electrons. The van der Waals surface area contributed by atoms with Crippen LogP contribution in [-0.2, 0) is 9.47 Å². The molecule has 0 atom stereocenters. The molecule has 0 aliphatic carbocycles. The summed E-state index contributed by atoms with van der Waals surface area (Å²) in [5, 5.41) is 0. The van der Waals surface area contributed by atoms with Crippen LogP contribution in [0.1, 0.15) is 17.5 Å². The average Bonchev–Trinajstić information content (AvgIpc) is 2.44. The van der Waals surface area contributed by atoms with Gasteiger partial charge < -0.3 is 9.47 Å². The van der Waals surface area contributed by atoms with E-state index in [0.717, 1.165) is 5.56 Å². The summed E-state index contributed by atoms with van der Waals surface area (Å²) in [6.07, 6.45) is 1.09. The van der Waals surface area contributed by atoms with Crippen LogP contribution in [0.2, 0.25) is 0 Å². The number of nitrogens with zero attached hydrogens (tertiary/aromatic N) is 2. The van der Waals surface area contributed by atoms with Gasteiger partial charge in [0, 0.05) is 26.0 Å². The quantitative estimate of drug-likeness (QED) is 0.795. The van der Waals surface area contributed by atoms with Crippen molar-refractivity contribution in [3.05, 3.63) is 47.5 Å². The number of halogens is 1.